The highest BCUT2D eigenvalue weighted by atomic mass is 32.2. The van der Waals surface area contributed by atoms with Gasteiger partial charge in [0, 0.05) is 43.0 Å². The number of hydrogen-bond donors (Lipinski definition) is 2. The van der Waals surface area contributed by atoms with E-state index in [1.54, 1.807) is 12.1 Å². The third kappa shape index (κ3) is 4.32. The van der Waals surface area contributed by atoms with E-state index in [1.165, 1.54) is 18.4 Å². The largest absolute Gasteiger partial charge is 0.380 e. The fourth-order valence-electron chi connectivity index (χ4n) is 4.25. The standard InChI is InChI=1S/C26H25N7O2S/c1-17-15-23(25-22(28-17)13-8-14-24(25)36(34,35)33(2)3)27-16-18-9-4-5-10-19(18)20-11-6-7-12-21(20)26-29-31-32-30-26/h4-15H,16H2,1-3H3,(H,27,28)(H,29,30,31,32). The second kappa shape index (κ2) is 9.48. The molecule has 10 heteroatoms. The number of hydrogen-bond acceptors (Lipinski definition) is 7. The minimum Gasteiger partial charge on any atom is -0.380 e. The molecule has 0 aliphatic heterocycles. The maximum absolute atomic E-state index is 13.1. The van der Waals surface area contributed by atoms with Crippen molar-refractivity contribution in [1.82, 2.24) is 29.9 Å². The van der Waals surface area contributed by atoms with Crippen LogP contribution in [-0.4, -0.2) is 52.4 Å². The molecule has 0 unspecified atom stereocenters. The molecule has 9 nitrogen and oxygen atoms in total. The average molecular weight is 500 g/mol. The Morgan fingerprint density at radius 3 is 2.36 bits per heavy atom. The van der Waals surface area contributed by atoms with Crippen LogP contribution in [0.15, 0.2) is 77.7 Å². The van der Waals surface area contributed by atoms with Gasteiger partial charge in [-0.25, -0.2) is 12.7 Å². The molecule has 0 amide bonds. The molecule has 0 atom stereocenters. The minimum atomic E-state index is -3.67. The van der Waals surface area contributed by atoms with E-state index in [-0.39, 0.29) is 4.90 Å². The Kier molecular flexibility index (Phi) is 6.21. The van der Waals surface area contributed by atoms with E-state index in [2.05, 4.69) is 30.9 Å². The van der Waals surface area contributed by atoms with Crippen molar-refractivity contribution in [3.63, 3.8) is 0 Å². The lowest BCUT2D eigenvalue weighted by Crippen LogP contribution is -2.22. The number of aromatic nitrogens is 5. The van der Waals surface area contributed by atoms with E-state index in [4.69, 9.17) is 0 Å². The van der Waals surface area contributed by atoms with Crippen molar-refractivity contribution in [1.29, 1.82) is 0 Å². The van der Waals surface area contributed by atoms with Crippen molar-refractivity contribution >= 4 is 26.6 Å². The highest BCUT2D eigenvalue weighted by Crippen LogP contribution is 2.34. The maximum atomic E-state index is 13.1. The summed E-state index contributed by atoms with van der Waals surface area (Å²) < 4.78 is 27.4. The van der Waals surface area contributed by atoms with Gasteiger partial charge in [-0.05, 0) is 47.0 Å². The third-order valence-corrected chi connectivity index (χ3v) is 7.83. The topological polar surface area (TPSA) is 117 Å². The van der Waals surface area contributed by atoms with E-state index in [1.807, 2.05) is 67.6 Å². The normalized spacial score (nSPS) is 11.8. The first-order valence-corrected chi connectivity index (χ1v) is 12.8. The van der Waals surface area contributed by atoms with Crippen LogP contribution in [-0.2, 0) is 16.6 Å². The molecule has 5 aromatic rings. The van der Waals surface area contributed by atoms with Gasteiger partial charge in [0.2, 0.25) is 15.8 Å². The zero-order valence-electron chi connectivity index (χ0n) is 20.1. The first-order chi connectivity index (χ1) is 17.4. The molecule has 0 saturated heterocycles. The number of nitrogens with one attached hydrogen (secondary N) is 2. The Balaban J connectivity index is 1.58. The van der Waals surface area contributed by atoms with Gasteiger partial charge >= 0.3 is 0 Å². The molecule has 0 radical (unpaired) electrons. The lowest BCUT2D eigenvalue weighted by atomic mass is 9.95. The van der Waals surface area contributed by atoms with Crippen LogP contribution >= 0.6 is 0 Å². The number of benzene rings is 3. The molecule has 5 rings (SSSR count). The summed E-state index contributed by atoms with van der Waals surface area (Å²) in [5, 5.41) is 18.6. The molecule has 2 N–H and O–H groups in total. The van der Waals surface area contributed by atoms with Gasteiger partial charge in [0.25, 0.3) is 0 Å². The number of nitrogens with zero attached hydrogens (tertiary/aromatic N) is 5. The van der Waals surface area contributed by atoms with Gasteiger partial charge in [0.15, 0.2) is 0 Å². The summed E-state index contributed by atoms with van der Waals surface area (Å²) in [6.45, 7) is 2.36. The summed E-state index contributed by atoms with van der Waals surface area (Å²) in [6.07, 6.45) is 0. The summed E-state index contributed by atoms with van der Waals surface area (Å²) in [6, 6.07) is 23.0. The van der Waals surface area contributed by atoms with Crippen LogP contribution < -0.4 is 5.32 Å². The molecule has 0 aliphatic carbocycles. The van der Waals surface area contributed by atoms with Crippen LogP contribution in [0.1, 0.15) is 11.3 Å². The SMILES string of the molecule is Cc1cc(NCc2ccccc2-c2ccccc2-c2nn[nH]n2)c2c(S(=O)(=O)N(C)C)cccc2n1. The number of rotatable bonds is 7. The number of sulfonamides is 1. The Morgan fingerprint density at radius 2 is 1.64 bits per heavy atom. The molecular weight excluding hydrogens is 474 g/mol. The first kappa shape index (κ1) is 23.6. The first-order valence-electron chi connectivity index (χ1n) is 11.3. The Labute approximate surface area is 209 Å². The fraction of sp³-hybridized carbons (Fsp3) is 0.154. The molecule has 0 fully saturated rings. The van der Waals surface area contributed by atoms with Gasteiger partial charge in [0.1, 0.15) is 0 Å². The minimum absolute atomic E-state index is 0.218. The summed E-state index contributed by atoms with van der Waals surface area (Å²) in [4.78, 5) is 4.80. The number of tetrazole rings is 1. The number of aromatic amines is 1. The Hall–Kier alpha value is -4.15. The predicted octanol–water partition coefficient (Wildman–Crippen LogP) is 4.25. The highest BCUT2D eigenvalue weighted by molar-refractivity contribution is 7.89. The quantitative estimate of drug-likeness (QED) is 0.344. The van der Waals surface area contributed by atoms with Gasteiger partial charge < -0.3 is 5.32 Å². The highest BCUT2D eigenvalue weighted by Gasteiger charge is 2.23. The molecule has 0 bridgehead atoms. The summed E-state index contributed by atoms with van der Waals surface area (Å²) in [7, 11) is -0.617. The van der Waals surface area contributed by atoms with Gasteiger partial charge in [-0.15, -0.1) is 10.2 Å². The number of pyridine rings is 1. The number of H-pyrrole nitrogens is 1. The second-order valence-electron chi connectivity index (χ2n) is 8.54. The molecule has 0 spiro atoms. The maximum Gasteiger partial charge on any atom is 0.243 e. The number of aryl methyl sites for hydroxylation is 1. The van der Waals surface area contributed by atoms with E-state index >= 15 is 0 Å². The van der Waals surface area contributed by atoms with Crippen molar-refractivity contribution in [2.75, 3.05) is 19.4 Å². The van der Waals surface area contributed by atoms with Crippen LogP contribution in [0.25, 0.3) is 33.4 Å². The van der Waals surface area contributed by atoms with Crippen LogP contribution in [0, 0.1) is 6.92 Å². The van der Waals surface area contributed by atoms with Gasteiger partial charge in [0.05, 0.1) is 10.4 Å². The molecule has 2 aromatic heterocycles. The Bertz CT molecular complexity index is 1650. The van der Waals surface area contributed by atoms with E-state index < -0.39 is 10.0 Å². The van der Waals surface area contributed by atoms with Crippen LogP contribution in [0.4, 0.5) is 5.69 Å². The summed E-state index contributed by atoms with van der Waals surface area (Å²) in [5.41, 5.74) is 6.01. The molecular formula is C26H25N7O2S. The molecule has 0 saturated carbocycles. The van der Waals surface area contributed by atoms with Gasteiger partial charge in [-0.1, -0.05) is 54.6 Å². The van der Waals surface area contributed by atoms with Crippen molar-refractivity contribution in [2.24, 2.45) is 0 Å². The third-order valence-electron chi connectivity index (χ3n) is 5.97. The summed E-state index contributed by atoms with van der Waals surface area (Å²) in [5.74, 6) is 0.516. The van der Waals surface area contributed by atoms with E-state index in [0.29, 0.717) is 29.0 Å². The zero-order chi connectivity index (χ0) is 25.3. The molecule has 2 heterocycles. The van der Waals surface area contributed by atoms with Crippen molar-refractivity contribution < 1.29 is 8.42 Å². The van der Waals surface area contributed by atoms with Crippen molar-refractivity contribution in [3.8, 4) is 22.5 Å². The molecule has 182 valence electrons. The lowest BCUT2D eigenvalue weighted by molar-refractivity contribution is 0.521. The molecule has 3 aromatic carbocycles. The number of anilines is 1. The zero-order valence-corrected chi connectivity index (χ0v) is 20.9. The van der Waals surface area contributed by atoms with Gasteiger partial charge in [-0.2, -0.15) is 5.21 Å². The van der Waals surface area contributed by atoms with E-state index in [9.17, 15) is 8.42 Å². The predicted molar refractivity (Wildman–Crippen MR) is 140 cm³/mol. The number of fused-ring (bicyclic) bond motifs is 1. The van der Waals surface area contributed by atoms with Crippen LogP contribution in [0.2, 0.25) is 0 Å². The van der Waals surface area contributed by atoms with Crippen LogP contribution in [0.5, 0.6) is 0 Å². The average Bonchev–Trinajstić information content (AvgIpc) is 3.42. The van der Waals surface area contributed by atoms with Crippen molar-refractivity contribution in [2.45, 2.75) is 18.4 Å². The molecule has 0 aliphatic rings. The van der Waals surface area contributed by atoms with Crippen LogP contribution in [0.3, 0.4) is 0 Å². The van der Waals surface area contributed by atoms with E-state index in [0.717, 1.165) is 27.9 Å². The lowest BCUT2D eigenvalue weighted by Gasteiger charge is -2.18. The summed E-state index contributed by atoms with van der Waals surface area (Å²) >= 11 is 0. The monoisotopic (exact) mass is 499 g/mol. The Morgan fingerprint density at radius 1 is 0.917 bits per heavy atom. The van der Waals surface area contributed by atoms with Gasteiger partial charge in [-0.3, -0.25) is 4.98 Å². The second-order valence-corrected chi connectivity index (χ2v) is 10.7. The molecule has 36 heavy (non-hydrogen) atoms. The fourth-order valence-corrected chi connectivity index (χ4v) is 5.37. The van der Waals surface area contributed by atoms with Crippen molar-refractivity contribution in [3.05, 3.63) is 84.1 Å². The smallest absolute Gasteiger partial charge is 0.243 e.